The average Bonchev–Trinajstić information content (AvgIpc) is 2.94. The van der Waals surface area contributed by atoms with E-state index >= 15 is 0 Å². The molecule has 0 aliphatic carbocycles. The monoisotopic (exact) mass is 311 g/mol. The van der Waals surface area contributed by atoms with Crippen LogP contribution in [-0.2, 0) is 13.0 Å². The minimum absolute atomic E-state index is 0.192. The lowest BCUT2D eigenvalue weighted by Gasteiger charge is -2.04. The summed E-state index contributed by atoms with van der Waals surface area (Å²) in [6, 6.07) is 9.51. The van der Waals surface area contributed by atoms with Crippen LogP contribution >= 0.6 is 0 Å². The summed E-state index contributed by atoms with van der Waals surface area (Å²) in [6.45, 7) is 3.46. The largest absolute Gasteiger partial charge is 0.352 e. The number of carbonyl (C=O) groups excluding carboxylic acids is 1. The summed E-state index contributed by atoms with van der Waals surface area (Å²) in [5.41, 5.74) is 2.59. The maximum Gasteiger partial charge on any atom is 0.251 e. The molecule has 0 aliphatic heterocycles. The number of nitrogens with zero attached hydrogens (tertiary/aromatic N) is 2. The zero-order valence-corrected chi connectivity index (χ0v) is 12.9. The molecule has 0 unspecified atom stereocenters. The first-order chi connectivity index (χ1) is 11.2. The maximum atomic E-state index is 12.9. The van der Waals surface area contributed by atoms with Gasteiger partial charge in [-0.05, 0) is 55.3 Å². The van der Waals surface area contributed by atoms with Crippen LogP contribution in [0.4, 0.5) is 4.39 Å². The standard InChI is InChI=1S/C18H18FN3O/c1-2-22-12-14(16-4-3-10-20-17(16)22)9-11-21-18(23)13-5-7-15(19)8-6-13/h3-8,10,12H,2,9,11H2,1H3,(H,21,23). The van der Waals surface area contributed by atoms with Gasteiger partial charge in [0, 0.05) is 36.4 Å². The molecule has 0 saturated carbocycles. The number of aryl methyl sites for hydroxylation is 1. The summed E-state index contributed by atoms with van der Waals surface area (Å²) >= 11 is 0. The Labute approximate surface area is 134 Å². The highest BCUT2D eigenvalue weighted by Crippen LogP contribution is 2.19. The average molecular weight is 311 g/mol. The van der Waals surface area contributed by atoms with Crippen molar-refractivity contribution in [2.24, 2.45) is 0 Å². The lowest BCUT2D eigenvalue weighted by Crippen LogP contribution is -2.25. The van der Waals surface area contributed by atoms with Crippen molar-refractivity contribution in [2.45, 2.75) is 19.9 Å². The van der Waals surface area contributed by atoms with Gasteiger partial charge in [-0.2, -0.15) is 0 Å². The van der Waals surface area contributed by atoms with Crippen molar-refractivity contribution in [2.75, 3.05) is 6.54 Å². The number of aromatic nitrogens is 2. The van der Waals surface area contributed by atoms with E-state index in [1.54, 1.807) is 6.20 Å². The molecule has 2 heterocycles. The molecule has 5 heteroatoms. The van der Waals surface area contributed by atoms with Crippen molar-refractivity contribution in [3.63, 3.8) is 0 Å². The van der Waals surface area contributed by atoms with Gasteiger partial charge in [0.25, 0.3) is 5.91 Å². The van der Waals surface area contributed by atoms with Gasteiger partial charge in [0.1, 0.15) is 11.5 Å². The van der Waals surface area contributed by atoms with Gasteiger partial charge in [0.2, 0.25) is 0 Å². The number of hydrogen-bond donors (Lipinski definition) is 1. The third kappa shape index (κ3) is 3.23. The van der Waals surface area contributed by atoms with Crippen molar-refractivity contribution in [3.05, 3.63) is 65.7 Å². The number of benzene rings is 1. The van der Waals surface area contributed by atoms with Gasteiger partial charge in [-0.15, -0.1) is 0 Å². The molecule has 3 aromatic rings. The molecule has 0 aliphatic rings. The molecule has 1 amide bonds. The van der Waals surface area contributed by atoms with E-state index in [4.69, 9.17) is 0 Å². The predicted octanol–water partition coefficient (Wildman–Crippen LogP) is 3.17. The summed E-state index contributed by atoms with van der Waals surface area (Å²) in [6.07, 6.45) is 4.60. The van der Waals surface area contributed by atoms with E-state index in [-0.39, 0.29) is 11.7 Å². The van der Waals surface area contributed by atoms with E-state index < -0.39 is 0 Å². The second kappa shape index (κ2) is 6.60. The van der Waals surface area contributed by atoms with E-state index in [1.807, 2.05) is 12.1 Å². The molecule has 0 atom stereocenters. The summed E-state index contributed by atoms with van der Waals surface area (Å²) in [7, 11) is 0. The highest BCUT2D eigenvalue weighted by molar-refractivity contribution is 5.94. The smallest absolute Gasteiger partial charge is 0.251 e. The van der Waals surface area contributed by atoms with E-state index in [0.29, 0.717) is 12.1 Å². The Kier molecular flexibility index (Phi) is 4.37. The minimum atomic E-state index is -0.346. The fraction of sp³-hybridized carbons (Fsp3) is 0.222. The Balaban J connectivity index is 1.67. The number of halogens is 1. The molecule has 0 bridgehead atoms. The fourth-order valence-corrected chi connectivity index (χ4v) is 2.65. The molecule has 23 heavy (non-hydrogen) atoms. The Hall–Kier alpha value is -2.69. The number of fused-ring (bicyclic) bond motifs is 1. The van der Waals surface area contributed by atoms with Gasteiger partial charge in [0.05, 0.1) is 0 Å². The number of nitrogens with one attached hydrogen (secondary N) is 1. The van der Waals surface area contributed by atoms with Gasteiger partial charge >= 0.3 is 0 Å². The molecule has 0 spiro atoms. The Morgan fingerprint density at radius 1 is 1.26 bits per heavy atom. The predicted molar refractivity (Wildman–Crippen MR) is 87.8 cm³/mol. The molecule has 1 N–H and O–H groups in total. The van der Waals surface area contributed by atoms with Gasteiger partial charge in [0.15, 0.2) is 0 Å². The maximum absolute atomic E-state index is 12.9. The lowest BCUT2D eigenvalue weighted by molar-refractivity contribution is 0.0954. The first-order valence-corrected chi connectivity index (χ1v) is 7.65. The Morgan fingerprint density at radius 2 is 2.04 bits per heavy atom. The first kappa shape index (κ1) is 15.2. The number of pyridine rings is 1. The molecular weight excluding hydrogens is 293 g/mol. The molecular formula is C18H18FN3O. The SMILES string of the molecule is CCn1cc(CCNC(=O)c2ccc(F)cc2)c2cccnc21. The van der Waals surface area contributed by atoms with Crippen molar-refractivity contribution < 1.29 is 9.18 Å². The van der Waals surface area contributed by atoms with Crippen molar-refractivity contribution in [3.8, 4) is 0 Å². The van der Waals surface area contributed by atoms with Crippen LogP contribution in [0.5, 0.6) is 0 Å². The van der Waals surface area contributed by atoms with Gasteiger partial charge < -0.3 is 9.88 Å². The van der Waals surface area contributed by atoms with Gasteiger partial charge in [-0.25, -0.2) is 9.37 Å². The molecule has 3 rings (SSSR count). The van der Waals surface area contributed by atoms with Crippen LogP contribution in [0.25, 0.3) is 11.0 Å². The van der Waals surface area contributed by atoms with Crippen molar-refractivity contribution in [1.82, 2.24) is 14.9 Å². The van der Waals surface area contributed by atoms with Gasteiger partial charge in [-0.3, -0.25) is 4.79 Å². The second-order valence-electron chi connectivity index (χ2n) is 5.33. The van der Waals surface area contributed by atoms with E-state index in [0.717, 1.165) is 29.6 Å². The minimum Gasteiger partial charge on any atom is -0.352 e. The van der Waals surface area contributed by atoms with Crippen LogP contribution in [0.15, 0.2) is 48.8 Å². The third-order valence-electron chi connectivity index (χ3n) is 3.84. The molecule has 1 aromatic carbocycles. The van der Waals surface area contributed by atoms with Crippen LogP contribution in [-0.4, -0.2) is 22.0 Å². The molecule has 2 aromatic heterocycles. The van der Waals surface area contributed by atoms with Crippen LogP contribution in [0.1, 0.15) is 22.8 Å². The first-order valence-electron chi connectivity index (χ1n) is 7.65. The van der Waals surface area contributed by atoms with Crippen molar-refractivity contribution in [1.29, 1.82) is 0 Å². The van der Waals surface area contributed by atoms with Crippen LogP contribution in [0.2, 0.25) is 0 Å². The highest BCUT2D eigenvalue weighted by Gasteiger charge is 2.09. The Morgan fingerprint density at radius 3 is 2.78 bits per heavy atom. The molecule has 4 nitrogen and oxygen atoms in total. The molecule has 0 fully saturated rings. The zero-order chi connectivity index (χ0) is 16.2. The summed E-state index contributed by atoms with van der Waals surface area (Å²) < 4.78 is 15.0. The van der Waals surface area contributed by atoms with E-state index in [1.165, 1.54) is 24.3 Å². The lowest BCUT2D eigenvalue weighted by atomic mass is 10.1. The van der Waals surface area contributed by atoms with Crippen LogP contribution < -0.4 is 5.32 Å². The van der Waals surface area contributed by atoms with E-state index in [9.17, 15) is 9.18 Å². The number of amides is 1. The van der Waals surface area contributed by atoms with Gasteiger partial charge in [-0.1, -0.05) is 0 Å². The topological polar surface area (TPSA) is 46.9 Å². The third-order valence-corrected chi connectivity index (χ3v) is 3.84. The summed E-state index contributed by atoms with van der Waals surface area (Å²) in [4.78, 5) is 16.4. The summed E-state index contributed by atoms with van der Waals surface area (Å²) in [5, 5.41) is 3.98. The number of carbonyl (C=O) groups is 1. The zero-order valence-electron chi connectivity index (χ0n) is 12.9. The highest BCUT2D eigenvalue weighted by atomic mass is 19.1. The second-order valence-corrected chi connectivity index (χ2v) is 5.33. The quantitative estimate of drug-likeness (QED) is 0.787. The number of hydrogen-bond acceptors (Lipinski definition) is 2. The molecule has 118 valence electrons. The van der Waals surface area contributed by atoms with E-state index in [2.05, 4.69) is 28.0 Å². The molecule has 0 saturated heterocycles. The van der Waals surface area contributed by atoms with Crippen molar-refractivity contribution >= 4 is 16.9 Å². The molecule has 0 radical (unpaired) electrons. The van der Waals surface area contributed by atoms with Crippen LogP contribution in [0.3, 0.4) is 0 Å². The fourth-order valence-electron chi connectivity index (χ4n) is 2.65. The Bertz CT molecular complexity index is 824. The van der Waals surface area contributed by atoms with Crippen LogP contribution in [0, 0.1) is 5.82 Å². The normalized spacial score (nSPS) is 10.9. The number of rotatable bonds is 5. The summed E-state index contributed by atoms with van der Waals surface area (Å²) in [5.74, 6) is -0.538.